The van der Waals surface area contributed by atoms with Crippen molar-refractivity contribution in [2.75, 3.05) is 0 Å². The molecule has 17 heteroatoms. The summed E-state index contributed by atoms with van der Waals surface area (Å²) in [6.07, 6.45) is 0. The van der Waals surface area contributed by atoms with Crippen LogP contribution in [-0.4, -0.2) is 89.6 Å². The van der Waals surface area contributed by atoms with Crippen LogP contribution in [0.1, 0.15) is 11.1 Å². The fourth-order valence-electron chi connectivity index (χ4n) is 0.747. The van der Waals surface area contributed by atoms with Gasteiger partial charge in [0.05, 0.1) is 0 Å². The maximum Gasteiger partial charge on any atom is 1.00 e. The Bertz CT molecular complexity index is 307. The zero-order valence-electron chi connectivity index (χ0n) is 13.9. The van der Waals surface area contributed by atoms with Gasteiger partial charge < -0.3 is 60.3 Å². The third kappa shape index (κ3) is 116. The van der Waals surface area contributed by atoms with Crippen LogP contribution in [0.25, 0.3) is 0 Å². The molecule has 0 spiro atoms. The minimum Gasteiger partial charge on any atom is -0.402 e. The summed E-state index contributed by atoms with van der Waals surface area (Å²) in [5.41, 5.74) is 2.56. The van der Waals surface area contributed by atoms with Crippen LogP contribution in [0.3, 0.4) is 0 Å². The Morgan fingerprint density at radius 2 is 0.720 bits per heavy atom. The molecule has 138 valence electrons. The van der Waals surface area contributed by atoms with Gasteiger partial charge in [0.25, 0.3) is 0 Å². The number of hydrogen-bond donors (Lipinski definition) is 12. The first kappa shape index (κ1) is 36.0. The molecule has 0 radical (unpaired) electrons. The molecule has 0 heterocycles. The summed E-state index contributed by atoms with van der Waals surface area (Å²) in [7, 11) is -8.67. The van der Waals surface area contributed by atoms with Crippen molar-refractivity contribution in [1.82, 2.24) is 0 Å². The van der Waals surface area contributed by atoms with Gasteiger partial charge in [0.15, 0.2) is 0 Å². The second-order valence-corrected chi connectivity index (χ2v) is 3.47. The van der Waals surface area contributed by atoms with Gasteiger partial charge in [0.1, 0.15) is 0 Å². The first-order valence-corrected chi connectivity index (χ1v) is 5.83. The molecule has 0 fully saturated rings. The van der Waals surface area contributed by atoms with Gasteiger partial charge in [-0.2, -0.15) is 35.4 Å². The summed E-state index contributed by atoms with van der Waals surface area (Å²) in [6, 6.07) is 9.12. The van der Waals surface area contributed by atoms with E-state index in [1.54, 1.807) is 0 Å². The Morgan fingerprint density at radius 3 is 0.800 bits per heavy atom. The average molecular weight is 375 g/mol. The standard InChI is InChI=1S/C8H9.4BH3O3.Na/c1-7-4-3-5-8(2)6-7;4*2-1(3)4;/h4-6H,1-2H3;4*2-4H;/q-1;;;;;+1. The van der Waals surface area contributed by atoms with E-state index in [1.165, 1.54) is 11.1 Å². The summed E-state index contributed by atoms with van der Waals surface area (Å²) in [5.74, 6) is 0. The SMILES string of the molecule is Cc1c[c-]cc(C)c1.OB(O)O.OB(O)O.OB(O)O.OB(O)O.[Na+]. The molecule has 0 saturated heterocycles. The molecule has 0 aliphatic heterocycles. The fraction of sp³-hybridized carbons (Fsp3) is 0.250. The van der Waals surface area contributed by atoms with E-state index < -0.39 is 29.3 Å². The minimum atomic E-state index is -2.17. The first-order valence-electron chi connectivity index (χ1n) is 5.83. The van der Waals surface area contributed by atoms with Gasteiger partial charge in [-0.05, 0) is 0 Å². The maximum absolute atomic E-state index is 7.17. The normalized spacial score (nSPS) is 7.28. The molecule has 12 N–H and O–H groups in total. The summed E-state index contributed by atoms with van der Waals surface area (Å²) < 4.78 is 0. The third-order valence-corrected chi connectivity index (χ3v) is 1.08. The minimum absolute atomic E-state index is 0. The number of rotatable bonds is 0. The van der Waals surface area contributed by atoms with Crippen LogP contribution >= 0.6 is 0 Å². The van der Waals surface area contributed by atoms with Crippen LogP contribution < -0.4 is 29.6 Å². The molecule has 1 aromatic carbocycles. The van der Waals surface area contributed by atoms with E-state index >= 15 is 0 Å². The zero-order chi connectivity index (χ0) is 20.3. The Hall–Kier alpha value is -0.000260. The fourth-order valence-corrected chi connectivity index (χ4v) is 0.747. The van der Waals surface area contributed by atoms with Gasteiger partial charge >= 0.3 is 58.8 Å². The summed E-state index contributed by atoms with van der Waals surface area (Å²) in [5, 5.41) is 86.0. The van der Waals surface area contributed by atoms with Gasteiger partial charge in [-0.3, -0.25) is 0 Å². The Kier molecular flexibility index (Phi) is 37.8. The molecule has 0 aliphatic carbocycles. The van der Waals surface area contributed by atoms with Gasteiger partial charge in [-0.1, -0.05) is 13.8 Å². The Balaban J connectivity index is -0.0000000695. The predicted octanol–water partition coefficient (Wildman–Crippen LogP) is -9.10. The molecule has 25 heavy (non-hydrogen) atoms. The molecular weight excluding hydrogens is 354 g/mol. The Morgan fingerprint density at radius 1 is 0.560 bits per heavy atom. The largest absolute Gasteiger partial charge is 1.00 e. The van der Waals surface area contributed by atoms with E-state index in [0.29, 0.717) is 0 Å². The number of aryl methyl sites for hydroxylation is 2. The van der Waals surface area contributed by atoms with E-state index in [0.717, 1.165) is 0 Å². The molecule has 0 aliphatic rings. The molecule has 0 saturated carbocycles. The van der Waals surface area contributed by atoms with E-state index in [4.69, 9.17) is 60.3 Å². The monoisotopic (exact) mass is 376 g/mol. The molecule has 0 aromatic heterocycles. The third-order valence-electron chi connectivity index (χ3n) is 1.08. The van der Waals surface area contributed by atoms with Gasteiger partial charge in [0, 0.05) is 0 Å². The number of benzene rings is 1. The van der Waals surface area contributed by atoms with Gasteiger partial charge in [0.2, 0.25) is 0 Å². The van der Waals surface area contributed by atoms with Gasteiger partial charge in [-0.15, -0.1) is 0 Å². The molecule has 0 bridgehead atoms. The molecule has 1 aromatic rings. The van der Waals surface area contributed by atoms with Crippen molar-refractivity contribution in [3.05, 3.63) is 35.4 Å². The van der Waals surface area contributed by atoms with Crippen LogP contribution in [0.15, 0.2) is 18.2 Å². The molecule has 12 nitrogen and oxygen atoms in total. The Labute approximate surface area is 168 Å². The first-order chi connectivity index (χ1) is 10.7. The van der Waals surface area contributed by atoms with Gasteiger partial charge in [-0.25, -0.2) is 0 Å². The molecule has 0 amide bonds. The van der Waals surface area contributed by atoms with Crippen LogP contribution in [0.5, 0.6) is 0 Å². The van der Waals surface area contributed by atoms with Crippen molar-refractivity contribution < 1.29 is 89.8 Å². The smallest absolute Gasteiger partial charge is 0.402 e. The quantitative estimate of drug-likeness (QED) is 0.149. The molecule has 0 atom stereocenters. The predicted molar refractivity (Wildman–Crippen MR) is 84.4 cm³/mol. The van der Waals surface area contributed by atoms with Crippen LogP contribution in [0.2, 0.25) is 0 Å². The summed E-state index contributed by atoms with van der Waals surface area (Å²) in [4.78, 5) is 0. The second kappa shape index (κ2) is 26.2. The van der Waals surface area contributed by atoms with E-state index in [9.17, 15) is 0 Å². The van der Waals surface area contributed by atoms with Crippen molar-refractivity contribution in [2.24, 2.45) is 0 Å². The zero-order valence-corrected chi connectivity index (χ0v) is 15.9. The molecule has 0 unspecified atom stereocenters. The molecule has 1 rings (SSSR count). The molecular formula is C8H21B4NaO12. The topological polar surface area (TPSA) is 243 Å². The van der Waals surface area contributed by atoms with E-state index in [-0.39, 0.29) is 29.6 Å². The van der Waals surface area contributed by atoms with E-state index in [1.807, 2.05) is 12.1 Å². The number of hydrogen-bond acceptors (Lipinski definition) is 12. The van der Waals surface area contributed by atoms with Crippen molar-refractivity contribution in [3.8, 4) is 0 Å². The summed E-state index contributed by atoms with van der Waals surface area (Å²) >= 11 is 0. The summed E-state index contributed by atoms with van der Waals surface area (Å²) in [6.45, 7) is 4.15. The van der Waals surface area contributed by atoms with E-state index in [2.05, 4.69) is 26.0 Å². The maximum atomic E-state index is 7.17. The average Bonchev–Trinajstić information content (AvgIpc) is 2.24. The van der Waals surface area contributed by atoms with Crippen LogP contribution in [0, 0.1) is 19.9 Å². The van der Waals surface area contributed by atoms with Crippen molar-refractivity contribution >= 4 is 29.3 Å². The van der Waals surface area contributed by atoms with Crippen molar-refractivity contribution in [3.63, 3.8) is 0 Å². The van der Waals surface area contributed by atoms with Crippen molar-refractivity contribution in [1.29, 1.82) is 0 Å². The van der Waals surface area contributed by atoms with Crippen LogP contribution in [0.4, 0.5) is 0 Å². The van der Waals surface area contributed by atoms with Crippen molar-refractivity contribution in [2.45, 2.75) is 13.8 Å². The van der Waals surface area contributed by atoms with Crippen LogP contribution in [-0.2, 0) is 0 Å². The second-order valence-electron chi connectivity index (χ2n) is 3.47.